The molecule has 0 saturated carbocycles. The van der Waals surface area contributed by atoms with Crippen molar-refractivity contribution in [3.8, 4) is 5.75 Å². The fourth-order valence-corrected chi connectivity index (χ4v) is 2.74. The molecule has 0 radical (unpaired) electrons. The number of anilines is 1. The number of benzene rings is 2. The number of aromatic hydroxyl groups is 1. The molecule has 0 aromatic heterocycles. The summed E-state index contributed by atoms with van der Waals surface area (Å²) in [6.45, 7) is 14.4. The average Bonchev–Trinajstić information content (AvgIpc) is 2.54. The van der Waals surface area contributed by atoms with E-state index in [9.17, 15) is 5.11 Å². The third kappa shape index (κ3) is 5.35. The van der Waals surface area contributed by atoms with Gasteiger partial charge in [0.15, 0.2) is 0 Å². The Balaban J connectivity index is 2.16. The fourth-order valence-electron chi connectivity index (χ4n) is 2.74. The molecule has 0 fully saturated rings. The predicted molar refractivity (Wildman–Crippen MR) is 113 cm³/mol. The number of phenols is 1. The molecule has 0 saturated heterocycles. The molecule has 0 bridgehead atoms. The van der Waals surface area contributed by atoms with Crippen LogP contribution in [-0.4, -0.2) is 24.4 Å². The van der Waals surface area contributed by atoms with Gasteiger partial charge in [-0.3, -0.25) is 4.99 Å². The molecular weight excluding hydrogens is 320 g/mol. The molecule has 0 aliphatic carbocycles. The average molecular weight is 353 g/mol. The number of nitrogens with zero attached hydrogens (tertiary/aromatic N) is 1. The van der Waals surface area contributed by atoms with Crippen molar-refractivity contribution in [2.24, 2.45) is 4.99 Å². The lowest BCUT2D eigenvalue weighted by Gasteiger charge is -2.27. The zero-order valence-corrected chi connectivity index (χ0v) is 16.9. The van der Waals surface area contributed by atoms with E-state index in [-0.39, 0.29) is 10.8 Å². The second-order valence-electron chi connectivity index (χ2n) is 8.79. The van der Waals surface area contributed by atoms with Gasteiger partial charge in [0.1, 0.15) is 5.75 Å². The molecule has 140 valence electrons. The number of para-hydroxylation sites is 1. The molecule has 3 heteroatoms. The number of nitrogens with one attached hydrogen (secondary N) is 1. The SMILES string of the molecule is CC(C)(C)c1cc(C=NCCNc2ccccc2)c(O)c(C(C)(C)C)c1. The minimum atomic E-state index is -0.122. The molecule has 0 aliphatic rings. The standard InChI is InChI=1S/C23H32N2O/c1-22(2,3)18-14-17(21(26)20(15-18)23(4,5)6)16-24-12-13-25-19-10-8-7-9-11-19/h7-11,14-16,25-26H,12-13H2,1-6H3. The Labute approximate surface area is 158 Å². The maximum Gasteiger partial charge on any atom is 0.128 e. The van der Waals surface area contributed by atoms with Crippen molar-refractivity contribution >= 4 is 11.9 Å². The quantitative estimate of drug-likeness (QED) is 0.550. The van der Waals surface area contributed by atoms with Gasteiger partial charge in [-0.15, -0.1) is 0 Å². The Bertz CT molecular complexity index is 750. The van der Waals surface area contributed by atoms with Crippen LogP contribution in [0.3, 0.4) is 0 Å². The van der Waals surface area contributed by atoms with Crippen molar-refractivity contribution in [3.05, 3.63) is 59.2 Å². The van der Waals surface area contributed by atoms with Crippen LogP contribution in [0, 0.1) is 0 Å². The first-order valence-electron chi connectivity index (χ1n) is 9.26. The zero-order chi connectivity index (χ0) is 19.4. The second kappa shape index (κ2) is 7.94. The maximum absolute atomic E-state index is 10.7. The molecule has 0 spiro atoms. The second-order valence-corrected chi connectivity index (χ2v) is 8.79. The summed E-state index contributed by atoms with van der Waals surface area (Å²) >= 11 is 0. The smallest absolute Gasteiger partial charge is 0.128 e. The molecule has 2 aromatic carbocycles. The molecule has 0 unspecified atom stereocenters. The van der Waals surface area contributed by atoms with Gasteiger partial charge in [0, 0.05) is 29.6 Å². The van der Waals surface area contributed by atoms with Gasteiger partial charge in [0.2, 0.25) is 0 Å². The van der Waals surface area contributed by atoms with E-state index in [0.29, 0.717) is 12.3 Å². The van der Waals surface area contributed by atoms with Crippen molar-refractivity contribution < 1.29 is 5.11 Å². The highest BCUT2D eigenvalue weighted by Gasteiger charge is 2.24. The van der Waals surface area contributed by atoms with Crippen molar-refractivity contribution in [2.45, 2.75) is 52.4 Å². The summed E-state index contributed by atoms with van der Waals surface area (Å²) in [4.78, 5) is 4.52. The third-order valence-electron chi connectivity index (χ3n) is 4.39. The number of phenolic OH excluding ortho intramolecular Hbond substituents is 1. The molecule has 3 nitrogen and oxygen atoms in total. The van der Waals surface area contributed by atoms with Crippen LogP contribution >= 0.6 is 0 Å². The Kier molecular flexibility index (Phi) is 6.12. The summed E-state index contributed by atoms with van der Waals surface area (Å²) in [6, 6.07) is 14.3. The summed E-state index contributed by atoms with van der Waals surface area (Å²) in [5.41, 5.74) is 3.96. The Hall–Kier alpha value is -2.29. The third-order valence-corrected chi connectivity index (χ3v) is 4.39. The number of hydrogen-bond acceptors (Lipinski definition) is 3. The van der Waals surface area contributed by atoms with Gasteiger partial charge in [0.05, 0.1) is 6.54 Å². The van der Waals surface area contributed by atoms with E-state index >= 15 is 0 Å². The van der Waals surface area contributed by atoms with E-state index in [4.69, 9.17) is 0 Å². The molecule has 0 aliphatic heterocycles. The van der Waals surface area contributed by atoms with E-state index in [1.165, 1.54) is 5.56 Å². The molecule has 2 N–H and O–H groups in total. The molecule has 2 rings (SSSR count). The molecule has 0 heterocycles. The minimum absolute atomic E-state index is 0.0190. The predicted octanol–water partition coefficient (Wildman–Crippen LogP) is 5.52. The van der Waals surface area contributed by atoms with Gasteiger partial charge in [-0.2, -0.15) is 0 Å². The van der Waals surface area contributed by atoms with Gasteiger partial charge in [-0.25, -0.2) is 0 Å². The summed E-state index contributed by atoms with van der Waals surface area (Å²) < 4.78 is 0. The van der Waals surface area contributed by atoms with Crippen LogP contribution < -0.4 is 5.32 Å². The number of aliphatic imine (C=N–C) groups is 1. The Morgan fingerprint density at radius 1 is 0.962 bits per heavy atom. The number of rotatable bonds is 5. The van der Waals surface area contributed by atoms with Crippen molar-refractivity contribution in [2.75, 3.05) is 18.4 Å². The molecule has 2 aromatic rings. The highest BCUT2D eigenvalue weighted by molar-refractivity contribution is 5.85. The maximum atomic E-state index is 10.7. The van der Waals surface area contributed by atoms with E-state index in [2.05, 4.69) is 64.0 Å². The van der Waals surface area contributed by atoms with Crippen molar-refractivity contribution in [3.63, 3.8) is 0 Å². The van der Waals surface area contributed by atoms with E-state index < -0.39 is 0 Å². The Morgan fingerprint density at radius 3 is 2.19 bits per heavy atom. The monoisotopic (exact) mass is 352 g/mol. The summed E-state index contributed by atoms with van der Waals surface area (Å²) in [5.74, 6) is 0.338. The van der Waals surface area contributed by atoms with E-state index in [1.54, 1.807) is 6.21 Å². The summed E-state index contributed by atoms with van der Waals surface area (Å²) in [5, 5.41) is 14.1. The number of hydrogen-bond donors (Lipinski definition) is 2. The van der Waals surface area contributed by atoms with Crippen LogP contribution in [0.4, 0.5) is 5.69 Å². The van der Waals surface area contributed by atoms with Crippen LogP contribution in [0.15, 0.2) is 47.5 Å². The van der Waals surface area contributed by atoms with Crippen LogP contribution in [0.25, 0.3) is 0 Å². The highest BCUT2D eigenvalue weighted by atomic mass is 16.3. The van der Waals surface area contributed by atoms with Crippen LogP contribution in [-0.2, 0) is 10.8 Å². The molecular formula is C23H32N2O. The topological polar surface area (TPSA) is 44.6 Å². The Morgan fingerprint density at radius 2 is 1.62 bits per heavy atom. The van der Waals surface area contributed by atoms with Gasteiger partial charge in [-0.05, 0) is 34.6 Å². The lowest BCUT2D eigenvalue weighted by Crippen LogP contribution is -2.17. The van der Waals surface area contributed by atoms with Gasteiger partial charge in [-0.1, -0.05) is 65.8 Å². The molecule has 0 amide bonds. The lowest BCUT2D eigenvalue weighted by atomic mass is 9.79. The lowest BCUT2D eigenvalue weighted by molar-refractivity contribution is 0.444. The van der Waals surface area contributed by atoms with Crippen molar-refractivity contribution in [1.82, 2.24) is 0 Å². The molecule has 26 heavy (non-hydrogen) atoms. The van der Waals surface area contributed by atoms with Gasteiger partial charge < -0.3 is 10.4 Å². The largest absolute Gasteiger partial charge is 0.507 e. The highest BCUT2D eigenvalue weighted by Crippen LogP contribution is 2.37. The fraction of sp³-hybridized carbons (Fsp3) is 0.435. The summed E-state index contributed by atoms with van der Waals surface area (Å²) in [7, 11) is 0. The van der Waals surface area contributed by atoms with E-state index in [0.717, 1.165) is 23.4 Å². The van der Waals surface area contributed by atoms with Crippen molar-refractivity contribution in [1.29, 1.82) is 0 Å². The van der Waals surface area contributed by atoms with Crippen LogP contribution in [0.5, 0.6) is 5.75 Å². The van der Waals surface area contributed by atoms with Crippen LogP contribution in [0.1, 0.15) is 58.2 Å². The zero-order valence-electron chi connectivity index (χ0n) is 16.9. The minimum Gasteiger partial charge on any atom is -0.507 e. The van der Waals surface area contributed by atoms with E-state index in [1.807, 2.05) is 30.3 Å². The van der Waals surface area contributed by atoms with Gasteiger partial charge >= 0.3 is 0 Å². The van der Waals surface area contributed by atoms with Gasteiger partial charge in [0.25, 0.3) is 0 Å². The first-order valence-corrected chi connectivity index (χ1v) is 9.26. The normalized spacial score (nSPS) is 12.5. The van der Waals surface area contributed by atoms with Crippen LogP contribution in [0.2, 0.25) is 0 Å². The summed E-state index contributed by atoms with van der Waals surface area (Å²) in [6.07, 6.45) is 1.80. The first kappa shape index (κ1) is 20.0. The molecule has 0 atom stereocenters. The first-order chi connectivity index (χ1) is 12.1.